The first-order chi connectivity index (χ1) is 24.3. The highest BCUT2D eigenvalue weighted by Gasteiger charge is 2.76. The van der Waals surface area contributed by atoms with E-state index in [-0.39, 0.29) is 37.0 Å². The minimum atomic E-state index is -2.05. The number of benzene rings is 1. The van der Waals surface area contributed by atoms with Gasteiger partial charge in [0, 0.05) is 28.9 Å². The summed E-state index contributed by atoms with van der Waals surface area (Å²) >= 11 is 0.489. The SMILES string of the molecule is C[C@]12Cc3cnn(-c4cccc(C(=O)N5CCC[C@@H]5C(N)=O)c4)c3C=C1CC[C@H]1[C@@H]3CC[C@](OC(=O)C4CC4)(C(=O)SCF)[C@@]3(C)C[C@H](O)[C@@]12F. The summed E-state index contributed by atoms with van der Waals surface area (Å²) in [4.78, 5) is 53.7. The number of primary amides is 1. The molecule has 1 aromatic heterocycles. The average molecular weight is 723 g/mol. The highest BCUT2D eigenvalue weighted by Crippen LogP contribution is 2.71. The fraction of sp³-hybridized carbons (Fsp3) is 0.605. The third-order valence-corrected chi connectivity index (χ3v) is 14.3. The second-order valence-electron chi connectivity index (χ2n) is 16.0. The van der Waals surface area contributed by atoms with Crippen molar-refractivity contribution in [1.82, 2.24) is 14.7 Å². The number of thioether (sulfide) groups is 1. The van der Waals surface area contributed by atoms with E-state index in [9.17, 15) is 28.7 Å². The Labute approximate surface area is 299 Å². The molecule has 8 rings (SSSR count). The van der Waals surface area contributed by atoms with Gasteiger partial charge in [-0.25, -0.2) is 13.5 Å². The van der Waals surface area contributed by atoms with Crippen molar-refractivity contribution in [2.24, 2.45) is 34.3 Å². The van der Waals surface area contributed by atoms with Gasteiger partial charge in [-0.2, -0.15) is 5.10 Å². The van der Waals surface area contributed by atoms with E-state index in [0.29, 0.717) is 74.5 Å². The molecule has 1 saturated heterocycles. The molecule has 1 aromatic carbocycles. The van der Waals surface area contributed by atoms with Gasteiger partial charge in [0.15, 0.2) is 5.60 Å². The number of amides is 2. The van der Waals surface area contributed by atoms with Gasteiger partial charge in [-0.05, 0) is 112 Å². The number of likely N-dealkylation sites (tertiary alicyclic amines) is 1. The molecule has 5 aliphatic carbocycles. The van der Waals surface area contributed by atoms with Crippen LogP contribution in [-0.2, 0) is 25.5 Å². The van der Waals surface area contributed by atoms with Crippen LogP contribution in [0.3, 0.4) is 0 Å². The summed E-state index contributed by atoms with van der Waals surface area (Å²) in [5.41, 5.74) is 3.25. The van der Waals surface area contributed by atoms with E-state index in [4.69, 9.17) is 10.5 Å². The molecule has 2 amide bonds. The number of rotatable bonds is 7. The maximum absolute atomic E-state index is 18.3. The molecular weight excluding hydrogens is 679 g/mol. The number of alkyl halides is 2. The fourth-order valence-corrected chi connectivity index (χ4v) is 11.5. The maximum Gasteiger partial charge on any atom is 0.309 e. The number of hydrogen-bond acceptors (Lipinski definition) is 8. The van der Waals surface area contributed by atoms with E-state index < -0.39 is 63.2 Å². The normalized spacial score (nSPS) is 36.7. The number of aromatic nitrogens is 2. The van der Waals surface area contributed by atoms with Crippen molar-refractivity contribution in [3.63, 3.8) is 0 Å². The summed E-state index contributed by atoms with van der Waals surface area (Å²) in [5.74, 6) is -2.52. The van der Waals surface area contributed by atoms with Crippen LogP contribution in [0.15, 0.2) is 36.0 Å². The number of nitrogens with two attached hydrogens (primary N) is 1. The van der Waals surface area contributed by atoms with Crippen LogP contribution in [0, 0.1) is 28.6 Å². The third-order valence-electron chi connectivity index (χ3n) is 13.6. The minimum absolute atomic E-state index is 0.0926. The monoisotopic (exact) mass is 722 g/mol. The van der Waals surface area contributed by atoms with Crippen molar-refractivity contribution in [3.05, 3.63) is 52.9 Å². The molecule has 51 heavy (non-hydrogen) atoms. The molecule has 0 radical (unpaired) electrons. The number of carbonyl (C=O) groups excluding carboxylic acids is 4. The van der Waals surface area contributed by atoms with Crippen LogP contribution in [-0.4, -0.2) is 78.7 Å². The zero-order chi connectivity index (χ0) is 36.1. The highest BCUT2D eigenvalue weighted by atomic mass is 32.2. The van der Waals surface area contributed by atoms with Crippen molar-refractivity contribution in [2.45, 2.75) is 101 Å². The predicted molar refractivity (Wildman–Crippen MR) is 185 cm³/mol. The highest BCUT2D eigenvalue weighted by molar-refractivity contribution is 8.13. The van der Waals surface area contributed by atoms with Crippen LogP contribution in [0.4, 0.5) is 8.78 Å². The van der Waals surface area contributed by atoms with Gasteiger partial charge in [0.05, 0.1) is 29.6 Å². The topological polar surface area (TPSA) is 145 Å². The summed E-state index contributed by atoms with van der Waals surface area (Å²) in [6.07, 6.45) is 6.61. The van der Waals surface area contributed by atoms with E-state index in [1.165, 1.54) is 4.90 Å². The van der Waals surface area contributed by atoms with Crippen molar-refractivity contribution < 1.29 is 37.8 Å². The summed E-state index contributed by atoms with van der Waals surface area (Å²) in [6, 6.07) is 5.46. The van der Waals surface area contributed by atoms with E-state index in [2.05, 4.69) is 5.10 Å². The Bertz CT molecular complexity index is 1860. The zero-order valence-corrected chi connectivity index (χ0v) is 29.7. The molecule has 8 atom stereocenters. The molecule has 2 aromatic rings. The summed E-state index contributed by atoms with van der Waals surface area (Å²) in [5, 5.41) is 16.1. The van der Waals surface area contributed by atoms with Crippen LogP contribution in [0.2, 0.25) is 0 Å². The molecule has 6 aliphatic rings. The lowest BCUT2D eigenvalue weighted by atomic mass is 9.44. The third kappa shape index (κ3) is 4.85. The van der Waals surface area contributed by atoms with Gasteiger partial charge >= 0.3 is 5.97 Å². The van der Waals surface area contributed by atoms with Gasteiger partial charge in [-0.15, -0.1) is 0 Å². The van der Waals surface area contributed by atoms with E-state index >= 15 is 4.39 Å². The Kier molecular flexibility index (Phi) is 8.10. The number of fused-ring (bicyclic) bond motifs is 6. The number of allylic oxidation sites excluding steroid dienone is 1. The first-order valence-corrected chi connectivity index (χ1v) is 19.1. The number of esters is 1. The molecule has 13 heteroatoms. The van der Waals surface area contributed by atoms with Crippen LogP contribution >= 0.6 is 11.8 Å². The Hall–Kier alpha value is -3.58. The van der Waals surface area contributed by atoms with Gasteiger partial charge < -0.3 is 20.5 Å². The number of hydrogen-bond donors (Lipinski definition) is 2. The quantitative estimate of drug-likeness (QED) is 0.377. The molecule has 0 unspecified atom stereocenters. The van der Waals surface area contributed by atoms with Crippen LogP contribution in [0.25, 0.3) is 11.8 Å². The standard InChI is InChI=1S/C38H44F2N4O6S/c1-35-17-23-19-42-44(25-6-3-5-22(15-25)32(47)43-14-4-7-28(43)31(41)46)29(23)16-24(35)10-11-27-26-12-13-37(34(49)51-20-39,50-33(48)21-8-9-21)36(26,2)18-30(45)38(27,35)40/h3,5-6,15-16,19,21,26-28,30,45H,4,7-14,17-18,20H2,1-2H3,(H2,41,46)/t26-,27-,28+,30-,35-,36-,37-,38-/m0/s1. The van der Waals surface area contributed by atoms with Crippen molar-refractivity contribution in [3.8, 4) is 5.69 Å². The van der Waals surface area contributed by atoms with Gasteiger partial charge in [0.25, 0.3) is 5.91 Å². The first-order valence-electron chi connectivity index (χ1n) is 18.1. The van der Waals surface area contributed by atoms with Crippen molar-refractivity contribution >= 4 is 40.7 Å². The molecular formula is C38H44F2N4O6S. The molecule has 4 saturated carbocycles. The predicted octanol–water partition coefficient (Wildman–Crippen LogP) is 5.09. The number of aliphatic hydroxyl groups excluding tert-OH is 1. The summed E-state index contributed by atoms with van der Waals surface area (Å²) in [7, 11) is 0. The Morgan fingerprint density at radius 3 is 2.63 bits per heavy atom. The second kappa shape index (κ2) is 12.0. The molecule has 3 N–H and O–H groups in total. The largest absolute Gasteiger partial charge is 0.449 e. The molecule has 2 heterocycles. The molecule has 1 aliphatic heterocycles. The number of nitrogens with zero attached hydrogens (tertiary/aromatic N) is 3. The number of carbonyl (C=O) groups is 4. The molecule has 0 bridgehead atoms. The smallest absolute Gasteiger partial charge is 0.309 e. The lowest BCUT2D eigenvalue weighted by Gasteiger charge is -2.63. The lowest BCUT2D eigenvalue weighted by molar-refractivity contribution is -0.229. The van der Waals surface area contributed by atoms with Gasteiger partial charge in [0.2, 0.25) is 11.0 Å². The fourth-order valence-electron chi connectivity index (χ4n) is 10.8. The van der Waals surface area contributed by atoms with Crippen molar-refractivity contribution in [2.75, 3.05) is 12.6 Å². The van der Waals surface area contributed by atoms with E-state index in [1.807, 2.05) is 26.0 Å². The molecule has 5 fully saturated rings. The molecule has 272 valence electrons. The van der Waals surface area contributed by atoms with Crippen molar-refractivity contribution in [1.29, 1.82) is 0 Å². The summed E-state index contributed by atoms with van der Waals surface area (Å²) < 4.78 is 39.7. The Morgan fingerprint density at radius 2 is 1.90 bits per heavy atom. The van der Waals surface area contributed by atoms with Gasteiger partial charge in [0.1, 0.15) is 17.7 Å². The Morgan fingerprint density at radius 1 is 1.12 bits per heavy atom. The Balaban J connectivity index is 1.11. The molecule has 10 nitrogen and oxygen atoms in total. The number of halogens is 2. The first kappa shape index (κ1) is 34.5. The molecule has 0 spiro atoms. The van der Waals surface area contributed by atoms with Crippen LogP contribution in [0.5, 0.6) is 0 Å². The van der Waals surface area contributed by atoms with Crippen LogP contribution in [0.1, 0.15) is 93.3 Å². The summed E-state index contributed by atoms with van der Waals surface area (Å²) in [6.45, 7) is 4.16. The number of ether oxygens (including phenoxy) is 1. The van der Waals surface area contributed by atoms with E-state index in [1.54, 1.807) is 29.1 Å². The van der Waals surface area contributed by atoms with E-state index in [0.717, 1.165) is 16.8 Å². The zero-order valence-electron chi connectivity index (χ0n) is 28.9. The van der Waals surface area contributed by atoms with Gasteiger partial charge in [-0.3, -0.25) is 19.2 Å². The number of aliphatic hydroxyl groups is 1. The minimum Gasteiger partial charge on any atom is -0.449 e. The average Bonchev–Trinajstić information content (AvgIpc) is 3.58. The van der Waals surface area contributed by atoms with Crippen LogP contribution < -0.4 is 5.73 Å². The second-order valence-corrected chi connectivity index (χ2v) is 16.9. The maximum atomic E-state index is 18.3. The van der Waals surface area contributed by atoms with Gasteiger partial charge in [-0.1, -0.05) is 25.5 Å². The lowest BCUT2D eigenvalue weighted by Crippen LogP contribution is -2.70.